The lowest BCUT2D eigenvalue weighted by Gasteiger charge is -2.37. The van der Waals surface area contributed by atoms with E-state index in [1.54, 1.807) is 93.3 Å². The highest BCUT2D eigenvalue weighted by Gasteiger charge is 2.46. The maximum Gasteiger partial charge on any atom is 0.351 e. The van der Waals surface area contributed by atoms with Crippen LogP contribution in [0, 0.1) is 5.92 Å². The molecule has 2 unspecified atom stereocenters. The van der Waals surface area contributed by atoms with E-state index in [0.29, 0.717) is 33.8 Å². The third-order valence-corrected chi connectivity index (χ3v) is 18.9. The largest absolute Gasteiger partial charge is 0.497 e. The first-order chi connectivity index (χ1) is 49.0. The summed E-state index contributed by atoms with van der Waals surface area (Å²) < 4.78 is 67.0. The van der Waals surface area contributed by atoms with Crippen molar-refractivity contribution in [3.05, 3.63) is 219 Å². The highest BCUT2D eigenvalue weighted by atomic mass is 31.2. The Morgan fingerprint density at radius 1 is 0.594 bits per heavy atom. The maximum absolute atomic E-state index is 14.0. The van der Waals surface area contributed by atoms with Crippen LogP contribution in [-0.2, 0) is 47.4 Å². The SMILES string of the molecule is COc1ccc(C(OC[C@H]2O[C@@H](n3ccc(NC(=O)c4ccccc4)nc3=O)C[C@@H]2OP(O)OC[C@H]2O[C@@H](n3cnc4c(NC(=O)c5ccccc5)ncnc43)C[C@@H]2OP(O)OC[C@H]2O[C@@H](n3cnc4c(=O)[nH]c(NC(=O)C(C)C)nc43)C[C@@H]2O)(c2ccccc2)c2ccc(OC)cc2)cc1. The van der Waals surface area contributed by atoms with Crippen molar-refractivity contribution in [3.63, 3.8) is 0 Å². The number of aromatic amines is 1. The van der Waals surface area contributed by atoms with Gasteiger partial charge in [0.05, 0.1) is 65.0 Å². The fraction of sp³-hybridized carbons (Fsp3) is 0.309. The molecule has 3 saturated heterocycles. The Balaban J connectivity index is 0.754. The smallest absolute Gasteiger partial charge is 0.351 e. The third-order valence-electron chi connectivity index (χ3n) is 17.2. The fourth-order valence-corrected chi connectivity index (χ4v) is 13.6. The Morgan fingerprint density at radius 2 is 1.11 bits per heavy atom. The zero-order chi connectivity index (χ0) is 70.3. The molecule has 3 amide bonds. The van der Waals surface area contributed by atoms with Crippen molar-refractivity contribution in [3.8, 4) is 11.5 Å². The zero-order valence-electron chi connectivity index (χ0n) is 54.6. The van der Waals surface area contributed by atoms with Crippen LogP contribution in [0.4, 0.5) is 17.6 Å². The van der Waals surface area contributed by atoms with Gasteiger partial charge in [0.2, 0.25) is 11.9 Å². The topological polar surface area (TPSA) is 382 Å². The average Bonchev–Trinajstić information content (AvgIpc) is 1.73. The Hall–Kier alpha value is -9.69. The molecule has 3 aliphatic heterocycles. The number of fused-ring (bicyclic) bond motifs is 2. The Labute approximate surface area is 577 Å². The van der Waals surface area contributed by atoms with Crippen LogP contribution in [0.1, 0.15) is 89.2 Å². The van der Waals surface area contributed by atoms with Gasteiger partial charge in [-0.3, -0.25) is 43.2 Å². The number of nitrogens with one attached hydrogen (secondary N) is 4. The van der Waals surface area contributed by atoms with Gasteiger partial charge in [-0.25, -0.2) is 24.7 Å². The molecule has 31 nitrogen and oxygen atoms in total. The second-order valence-electron chi connectivity index (χ2n) is 23.9. The summed E-state index contributed by atoms with van der Waals surface area (Å²) in [4.78, 5) is 118. The number of hydrogen-bond acceptors (Lipinski definition) is 24. The van der Waals surface area contributed by atoms with Gasteiger partial charge in [0.15, 0.2) is 28.1 Å². The number of carbonyl (C=O) groups is 3. The number of aliphatic hydroxyl groups is 1. The van der Waals surface area contributed by atoms with Gasteiger partial charge in [-0.1, -0.05) is 105 Å². The summed E-state index contributed by atoms with van der Waals surface area (Å²) >= 11 is 0. The van der Waals surface area contributed by atoms with Gasteiger partial charge in [0.1, 0.15) is 66.2 Å². The van der Waals surface area contributed by atoms with E-state index in [2.05, 4.69) is 50.8 Å². The van der Waals surface area contributed by atoms with Crippen LogP contribution in [0.15, 0.2) is 180 Å². The lowest BCUT2D eigenvalue weighted by molar-refractivity contribution is -0.119. The normalized spacial score (nSPS) is 21.2. The summed E-state index contributed by atoms with van der Waals surface area (Å²) in [5.41, 5.74) is 0.688. The van der Waals surface area contributed by atoms with Gasteiger partial charge in [0.25, 0.3) is 17.4 Å². The van der Waals surface area contributed by atoms with Crippen LogP contribution in [0.2, 0.25) is 0 Å². The zero-order valence-corrected chi connectivity index (χ0v) is 56.4. The van der Waals surface area contributed by atoms with Gasteiger partial charge in [-0.15, -0.1) is 0 Å². The van der Waals surface area contributed by atoms with E-state index in [1.165, 1.54) is 40.4 Å². The summed E-state index contributed by atoms with van der Waals surface area (Å²) in [5, 5.41) is 19.3. The van der Waals surface area contributed by atoms with Crippen LogP contribution < -0.4 is 36.7 Å². The molecule has 8 heterocycles. The predicted octanol–water partition coefficient (Wildman–Crippen LogP) is 7.81. The number of nitrogens with zero attached hydrogens (tertiary/aromatic N) is 9. The number of anilines is 3. The molecule has 101 heavy (non-hydrogen) atoms. The van der Waals surface area contributed by atoms with Crippen LogP contribution >= 0.6 is 17.2 Å². The lowest BCUT2D eigenvalue weighted by atomic mass is 9.80. The van der Waals surface area contributed by atoms with Crippen molar-refractivity contribution in [1.82, 2.24) is 48.6 Å². The van der Waals surface area contributed by atoms with Crippen molar-refractivity contribution in [1.29, 1.82) is 0 Å². The molecule has 7 N–H and O–H groups in total. The van der Waals surface area contributed by atoms with Crippen LogP contribution in [0.3, 0.4) is 0 Å². The van der Waals surface area contributed by atoms with Crippen molar-refractivity contribution in [2.24, 2.45) is 5.92 Å². The molecule has 0 bridgehead atoms. The molecule has 0 aliphatic carbocycles. The number of ether oxygens (including phenoxy) is 6. The first kappa shape index (κ1) is 69.8. The molecule has 13 rings (SSSR count). The summed E-state index contributed by atoms with van der Waals surface area (Å²) in [5.74, 6) is -0.490. The van der Waals surface area contributed by atoms with Crippen molar-refractivity contribution >= 4 is 74.8 Å². The fourth-order valence-electron chi connectivity index (χ4n) is 12.0. The van der Waals surface area contributed by atoms with Crippen LogP contribution in [-0.4, -0.2) is 152 Å². The van der Waals surface area contributed by atoms with E-state index < -0.39 is 114 Å². The van der Waals surface area contributed by atoms with Gasteiger partial charge >= 0.3 is 22.9 Å². The molecule has 0 saturated carbocycles. The number of rotatable bonds is 27. The second kappa shape index (κ2) is 31.1. The first-order valence-electron chi connectivity index (χ1n) is 32.0. The Bertz CT molecular complexity index is 4610. The molecule has 33 heteroatoms. The van der Waals surface area contributed by atoms with E-state index in [0.717, 1.165) is 5.56 Å². The lowest BCUT2D eigenvalue weighted by Crippen LogP contribution is -2.38. The van der Waals surface area contributed by atoms with Crippen LogP contribution in [0.5, 0.6) is 11.5 Å². The first-order valence-corrected chi connectivity index (χ1v) is 34.3. The summed E-state index contributed by atoms with van der Waals surface area (Å²) in [6.07, 6.45) is -3.98. The Kier molecular flexibility index (Phi) is 21.5. The molecular weight excluding hydrogens is 1350 g/mol. The summed E-state index contributed by atoms with van der Waals surface area (Å²) in [7, 11) is -2.54. The molecule has 5 aromatic carbocycles. The standard InChI is InChI=1S/C68H69N13O18P2/c1-39(2)62(83)77-66-76-61-58(65(86)78-66)72-38-81(61)54-30-47(82)50(95-54)34-93-100(88)99-49-32-56(80-37-71-57-59(69-36-70-60(57)80)75-64(85)41-16-10-6-11-17-41)97-52(49)35-94-101(89)98-48-31-55(79-29-28-53(74-67(79)87)73-63(84)40-14-8-5-9-15-40)96-51(48)33-92-68(42-18-12-7-13-19-42,43-20-24-45(90-3)25-21-43)44-22-26-46(91-4)27-23-44/h5-29,36-39,47-52,54-56,82,88-89H,30-35H2,1-4H3,(H,69,70,75,85)(H,73,74,84,87)(H2,76,77,78,83,86)/t47-,48-,49-,50+,51+,52+,54+,55+,56+,100?,101?/m0/s1. The number of benzene rings is 5. The highest BCUT2D eigenvalue weighted by Crippen LogP contribution is 2.48. The Morgan fingerprint density at radius 3 is 1.69 bits per heavy atom. The molecule has 11 atom stereocenters. The minimum Gasteiger partial charge on any atom is -0.497 e. The van der Waals surface area contributed by atoms with E-state index in [-0.39, 0.29) is 78.3 Å². The molecule has 0 spiro atoms. The van der Waals surface area contributed by atoms with Gasteiger partial charge in [-0.05, 0) is 71.3 Å². The molecule has 0 radical (unpaired) electrons. The quantitative estimate of drug-likeness (QED) is 0.0190. The van der Waals surface area contributed by atoms with Gasteiger partial charge < -0.3 is 72.0 Å². The number of carbonyl (C=O) groups excluding carboxylic acids is 3. The minimum atomic E-state index is -2.88. The van der Waals surface area contributed by atoms with Gasteiger partial charge in [-0.2, -0.15) is 9.97 Å². The minimum absolute atomic E-state index is 0.00174. The maximum atomic E-state index is 14.0. The highest BCUT2D eigenvalue weighted by molar-refractivity contribution is 7.40. The number of H-pyrrole nitrogens is 1. The van der Waals surface area contributed by atoms with Gasteiger partial charge in [0, 0.05) is 42.5 Å². The van der Waals surface area contributed by atoms with Crippen molar-refractivity contribution < 1.29 is 75.8 Å². The number of imidazole rings is 2. The molecular formula is C68H69N13O18P2. The number of amides is 3. The molecule has 10 aromatic rings. The van der Waals surface area contributed by atoms with E-state index in [4.69, 9.17) is 46.5 Å². The number of aromatic nitrogens is 10. The van der Waals surface area contributed by atoms with Crippen LogP contribution in [0.25, 0.3) is 22.3 Å². The van der Waals surface area contributed by atoms with Crippen molar-refractivity contribution in [2.75, 3.05) is 50.0 Å². The number of hydrogen-bond donors (Lipinski definition) is 7. The molecule has 5 aromatic heterocycles. The van der Waals surface area contributed by atoms with Crippen molar-refractivity contribution in [2.45, 2.75) is 94.0 Å². The summed E-state index contributed by atoms with van der Waals surface area (Å²) in [6.45, 7) is 2.33. The number of aliphatic hydroxyl groups excluding tert-OH is 1. The van der Waals surface area contributed by atoms with E-state index in [1.807, 2.05) is 78.9 Å². The number of methoxy groups -OCH3 is 2. The average molecular weight is 1420 g/mol. The summed E-state index contributed by atoms with van der Waals surface area (Å²) in [6, 6.07) is 42.8. The van der Waals surface area contributed by atoms with E-state index in [9.17, 15) is 38.9 Å². The monoisotopic (exact) mass is 1420 g/mol. The predicted molar refractivity (Wildman–Crippen MR) is 364 cm³/mol. The second-order valence-corrected chi connectivity index (χ2v) is 25.8. The molecule has 3 fully saturated rings. The molecule has 524 valence electrons. The molecule has 3 aliphatic rings. The third kappa shape index (κ3) is 15.5. The van der Waals surface area contributed by atoms with E-state index >= 15 is 0 Å².